The zero-order valence-electron chi connectivity index (χ0n) is 22.9. The standard InChI is InChI=1S/C29H32F2N4O6/c1-17-24(18(2)41-34-17)27(38)33-22(13-19-8-5-4-6-9-19)25(36)28(39)35-16-29(30,31)14-23(35)26(37)32-15-20-10-7-11-21(12-20)40-3/h4-12,22-23,25,36H,13-16H2,1-3H3,(H,32,37)(H,33,38)/t22-,23-,25-/m0/s1. The Balaban J connectivity index is 1.53. The molecule has 2 aromatic carbocycles. The minimum Gasteiger partial charge on any atom is -0.497 e. The number of ether oxygens (including phenoxy) is 1. The number of carbonyl (C=O) groups is 3. The first kappa shape index (κ1) is 29.7. The van der Waals surface area contributed by atoms with Gasteiger partial charge in [0.15, 0.2) is 6.10 Å². The molecule has 3 amide bonds. The first-order valence-corrected chi connectivity index (χ1v) is 13.0. The van der Waals surface area contributed by atoms with E-state index in [-0.39, 0.29) is 24.3 Å². The minimum absolute atomic E-state index is 0.0137. The highest BCUT2D eigenvalue weighted by atomic mass is 19.3. The van der Waals surface area contributed by atoms with Gasteiger partial charge < -0.3 is 29.9 Å². The number of carbonyl (C=O) groups excluding carboxylic acids is 3. The number of aryl methyl sites for hydroxylation is 2. The van der Waals surface area contributed by atoms with Crippen LogP contribution in [0.2, 0.25) is 0 Å². The maximum absolute atomic E-state index is 14.6. The Labute approximate surface area is 235 Å². The molecule has 1 aromatic heterocycles. The van der Waals surface area contributed by atoms with E-state index in [1.54, 1.807) is 68.4 Å². The third-order valence-electron chi connectivity index (χ3n) is 6.97. The summed E-state index contributed by atoms with van der Waals surface area (Å²) in [5.41, 5.74) is 1.81. The van der Waals surface area contributed by atoms with Gasteiger partial charge in [0.25, 0.3) is 17.7 Å². The van der Waals surface area contributed by atoms with Crippen molar-refractivity contribution in [3.05, 3.63) is 82.7 Å². The Kier molecular flexibility index (Phi) is 9.01. The van der Waals surface area contributed by atoms with Crippen molar-refractivity contribution in [3.8, 4) is 5.75 Å². The molecule has 1 fully saturated rings. The van der Waals surface area contributed by atoms with Crippen molar-refractivity contribution in [2.45, 2.75) is 57.3 Å². The molecule has 10 nitrogen and oxygen atoms in total. The van der Waals surface area contributed by atoms with Crippen molar-refractivity contribution in [2.75, 3.05) is 13.7 Å². The van der Waals surface area contributed by atoms with Crippen LogP contribution in [-0.4, -0.2) is 70.6 Å². The van der Waals surface area contributed by atoms with Crippen molar-refractivity contribution < 1.29 is 37.5 Å². The fraction of sp³-hybridized carbons (Fsp3) is 0.379. The van der Waals surface area contributed by atoms with Gasteiger partial charge in [-0.3, -0.25) is 14.4 Å². The van der Waals surface area contributed by atoms with Crippen LogP contribution in [0.1, 0.15) is 39.4 Å². The monoisotopic (exact) mass is 570 g/mol. The maximum Gasteiger partial charge on any atom is 0.267 e. The quantitative estimate of drug-likeness (QED) is 0.341. The van der Waals surface area contributed by atoms with E-state index in [2.05, 4.69) is 15.8 Å². The predicted octanol–water partition coefficient (Wildman–Crippen LogP) is 2.55. The molecule has 1 saturated heterocycles. The second kappa shape index (κ2) is 12.5. The summed E-state index contributed by atoms with van der Waals surface area (Å²) < 4.78 is 39.3. The number of likely N-dealkylation sites (tertiary alicyclic amines) is 1. The molecule has 1 aliphatic heterocycles. The SMILES string of the molecule is COc1cccc(CNC(=O)[C@@H]2CC(F)(F)CN2C(=O)[C@@H](O)[C@H](Cc2ccccc2)NC(=O)c2c(C)noc2C)c1. The van der Waals surface area contributed by atoms with Crippen LogP contribution in [0.3, 0.4) is 0 Å². The number of nitrogens with one attached hydrogen (secondary N) is 2. The number of rotatable bonds is 10. The zero-order chi connectivity index (χ0) is 29.7. The molecule has 0 radical (unpaired) electrons. The van der Waals surface area contributed by atoms with Gasteiger partial charge in [-0.2, -0.15) is 0 Å². The number of methoxy groups -OCH3 is 1. The fourth-order valence-electron chi connectivity index (χ4n) is 4.87. The number of halogens is 2. The van der Waals surface area contributed by atoms with Crippen LogP contribution in [0.15, 0.2) is 59.1 Å². The van der Waals surface area contributed by atoms with Gasteiger partial charge in [0.2, 0.25) is 5.91 Å². The zero-order valence-corrected chi connectivity index (χ0v) is 22.9. The third kappa shape index (κ3) is 7.07. The summed E-state index contributed by atoms with van der Waals surface area (Å²) in [6, 6.07) is 12.9. The molecule has 2 heterocycles. The predicted molar refractivity (Wildman–Crippen MR) is 143 cm³/mol. The lowest BCUT2D eigenvalue weighted by Gasteiger charge is -2.30. The summed E-state index contributed by atoms with van der Waals surface area (Å²) in [6.07, 6.45) is -2.81. The van der Waals surface area contributed by atoms with Gasteiger partial charge in [0, 0.05) is 13.0 Å². The van der Waals surface area contributed by atoms with E-state index in [0.717, 1.165) is 0 Å². The molecular formula is C29H32F2N4O6. The molecule has 0 spiro atoms. The van der Waals surface area contributed by atoms with Crippen LogP contribution in [0.25, 0.3) is 0 Å². The first-order valence-electron chi connectivity index (χ1n) is 13.0. The van der Waals surface area contributed by atoms with E-state index < -0.39 is 54.8 Å². The van der Waals surface area contributed by atoms with E-state index in [1.165, 1.54) is 7.11 Å². The van der Waals surface area contributed by atoms with Gasteiger partial charge >= 0.3 is 0 Å². The van der Waals surface area contributed by atoms with Crippen LogP contribution >= 0.6 is 0 Å². The molecule has 0 saturated carbocycles. The summed E-state index contributed by atoms with van der Waals surface area (Å²) >= 11 is 0. The highest BCUT2D eigenvalue weighted by Gasteiger charge is 2.51. The summed E-state index contributed by atoms with van der Waals surface area (Å²) in [5, 5.41) is 20.2. The van der Waals surface area contributed by atoms with Crippen LogP contribution in [0, 0.1) is 13.8 Å². The molecule has 3 aromatic rings. The number of aromatic nitrogens is 1. The third-order valence-corrected chi connectivity index (χ3v) is 6.97. The van der Waals surface area contributed by atoms with Crippen LogP contribution < -0.4 is 15.4 Å². The number of hydrogen-bond donors (Lipinski definition) is 3. The Bertz CT molecular complexity index is 1380. The fourth-order valence-corrected chi connectivity index (χ4v) is 4.87. The highest BCUT2D eigenvalue weighted by Crippen LogP contribution is 2.33. The molecule has 12 heteroatoms. The molecule has 41 heavy (non-hydrogen) atoms. The van der Waals surface area contributed by atoms with Gasteiger partial charge in [-0.15, -0.1) is 0 Å². The molecule has 218 valence electrons. The Morgan fingerprint density at radius 1 is 1.15 bits per heavy atom. The molecule has 4 rings (SSSR count). The minimum atomic E-state index is -3.35. The van der Waals surface area contributed by atoms with Crippen molar-refractivity contribution in [3.63, 3.8) is 0 Å². The molecule has 0 unspecified atom stereocenters. The molecule has 1 aliphatic rings. The molecule has 3 N–H and O–H groups in total. The Morgan fingerprint density at radius 2 is 1.85 bits per heavy atom. The van der Waals surface area contributed by atoms with Crippen molar-refractivity contribution in [1.82, 2.24) is 20.7 Å². The lowest BCUT2D eigenvalue weighted by Crippen LogP contribution is -2.56. The van der Waals surface area contributed by atoms with Gasteiger partial charge in [0.1, 0.15) is 23.1 Å². The molecule has 3 atom stereocenters. The normalized spacial score (nSPS) is 17.5. The molecular weight excluding hydrogens is 538 g/mol. The van der Waals surface area contributed by atoms with E-state index in [4.69, 9.17) is 9.26 Å². The Hall–Kier alpha value is -4.32. The first-order chi connectivity index (χ1) is 19.5. The van der Waals surface area contributed by atoms with E-state index >= 15 is 0 Å². The highest BCUT2D eigenvalue weighted by molar-refractivity contribution is 5.97. The van der Waals surface area contributed by atoms with E-state index in [9.17, 15) is 28.3 Å². The van der Waals surface area contributed by atoms with Gasteiger partial charge in [-0.25, -0.2) is 8.78 Å². The van der Waals surface area contributed by atoms with Gasteiger partial charge in [0.05, 0.1) is 25.4 Å². The lowest BCUT2D eigenvalue weighted by molar-refractivity contribution is -0.147. The molecule has 0 bridgehead atoms. The van der Waals surface area contributed by atoms with Crippen LogP contribution in [-0.2, 0) is 22.6 Å². The van der Waals surface area contributed by atoms with Crippen molar-refractivity contribution >= 4 is 17.7 Å². The maximum atomic E-state index is 14.6. The number of benzene rings is 2. The van der Waals surface area contributed by atoms with Gasteiger partial charge in [-0.05, 0) is 43.5 Å². The number of hydrogen-bond acceptors (Lipinski definition) is 7. The number of nitrogens with zero attached hydrogens (tertiary/aromatic N) is 2. The second-order valence-corrected chi connectivity index (χ2v) is 10.0. The second-order valence-electron chi connectivity index (χ2n) is 10.0. The average molecular weight is 571 g/mol. The average Bonchev–Trinajstić information content (AvgIpc) is 3.48. The number of amides is 3. The lowest BCUT2D eigenvalue weighted by atomic mass is 9.99. The summed E-state index contributed by atoms with van der Waals surface area (Å²) in [4.78, 5) is 40.3. The number of aliphatic hydroxyl groups is 1. The van der Waals surface area contributed by atoms with Crippen molar-refractivity contribution in [2.24, 2.45) is 0 Å². The number of aliphatic hydroxyl groups excluding tert-OH is 1. The summed E-state index contributed by atoms with van der Waals surface area (Å²) in [6.45, 7) is 2.09. The summed E-state index contributed by atoms with van der Waals surface area (Å²) in [5.74, 6) is -5.07. The van der Waals surface area contributed by atoms with E-state index in [0.29, 0.717) is 27.5 Å². The van der Waals surface area contributed by atoms with E-state index in [1.807, 2.05) is 0 Å². The molecule has 0 aliphatic carbocycles. The van der Waals surface area contributed by atoms with Crippen LogP contribution in [0.5, 0.6) is 5.75 Å². The summed E-state index contributed by atoms with van der Waals surface area (Å²) in [7, 11) is 1.50. The van der Waals surface area contributed by atoms with Crippen LogP contribution in [0.4, 0.5) is 8.78 Å². The van der Waals surface area contributed by atoms with Crippen molar-refractivity contribution in [1.29, 1.82) is 0 Å². The largest absolute Gasteiger partial charge is 0.497 e. The Morgan fingerprint density at radius 3 is 2.51 bits per heavy atom. The number of alkyl halides is 2. The topological polar surface area (TPSA) is 134 Å². The smallest absolute Gasteiger partial charge is 0.267 e. The van der Waals surface area contributed by atoms with Gasteiger partial charge in [-0.1, -0.05) is 47.6 Å².